The number of piperidine rings is 1. The molecule has 160 valence electrons. The predicted octanol–water partition coefficient (Wildman–Crippen LogP) is 5.48. The lowest BCUT2D eigenvalue weighted by Crippen LogP contribution is -2.52. The Morgan fingerprint density at radius 1 is 1.03 bits per heavy atom. The van der Waals surface area contributed by atoms with Crippen LogP contribution in [0.4, 0.5) is 14.9 Å². The van der Waals surface area contributed by atoms with Gasteiger partial charge in [-0.15, -0.1) is 0 Å². The van der Waals surface area contributed by atoms with Crippen LogP contribution in [-0.4, -0.2) is 36.1 Å². The molecular weight excluding hydrogens is 401 g/mol. The van der Waals surface area contributed by atoms with Crippen molar-refractivity contribution in [3.63, 3.8) is 0 Å². The molecule has 0 aromatic heterocycles. The van der Waals surface area contributed by atoms with Gasteiger partial charge in [0.15, 0.2) is 0 Å². The molecule has 2 amide bonds. The zero-order valence-corrected chi connectivity index (χ0v) is 17.9. The van der Waals surface area contributed by atoms with Gasteiger partial charge < -0.3 is 10.6 Å². The molecule has 1 saturated carbocycles. The summed E-state index contributed by atoms with van der Waals surface area (Å²) in [6.45, 7) is 2.13. The Balaban J connectivity index is 1.27. The second-order valence-corrected chi connectivity index (χ2v) is 8.93. The molecule has 1 heterocycles. The van der Waals surface area contributed by atoms with Crippen molar-refractivity contribution in [1.82, 2.24) is 10.2 Å². The van der Waals surface area contributed by atoms with Crippen LogP contribution in [0.3, 0.4) is 0 Å². The molecule has 0 spiro atoms. The number of hydrogen-bond donors (Lipinski definition) is 2. The van der Waals surface area contributed by atoms with E-state index in [1.807, 2.05) is 12.1 Å². The highest BCUT2D eigenvalue weighted by atomic mass is 35.5. The number of urea groups is 1. The lowest BCUT2D eigenvalue weighted by atomic mass is 9.89. The molecule has 0 bridgehead atoms. The molecule has 2 aromatic rings. The number of nitrogens with zero attached hydrogens (tertiary/aromatic N) is 1. The number of para-hydroxylation sites is 1. The number of halogens is 2. The third-order valence-electron chi connectivity index (χ3n) is 6.47. The lowest BCUT2D eigenvalue weighted by molar-refractivity contribution is 0.119. The van der Waals surface area contributed by atoms with Gasteiger partial charge in [-0.25, -0.2) is 9.18 Å². The monoisotopic (exact) mass is 429 g/mol. The fourth-order valence-electron chi connectivity index (χ4n) is 4.88. The van der Waals surface area contributed by atoms with Crippen LogP contribution >= 0.6 is 11.6 Å². The Morgan fingerprint density at radius 3 is 2.50 bits per heavy atom. The van der Waals surface area contributed by atoms with E-state index in [0.717, 1.165) is 43.8 Å². The summed E-state index contributed by atoms with van der Waals surface area (Å²) in [5.74, 6) is 0.276. The average Bonchev–Trinajstić information content (AvgIpc) is 3.20. The van der Waals surface area contributed by atoms with Crippen LogP contribution in [0.1, 0.15) is 37.7 Å². The Morgan fingerprint density at radius 2 is 1.77 bits per heavy atom. The van der Waals surface area contributed by atoms with Crippen molar-refractivity contribution >= 4 is 23.3 Å². The first-order chi connectivity index (χ1) is 14.6. The van der Waals surface area contributed by atoms with Gasteiger partial charge >= 0.3 is 6.03 Å². The van der Waals surface area contributed by atoms with E-state index in [2.05, 4.69) is 27.7 Å². The predicted molar refractivity (Wildman–Crippen MR) is 119 cm³/mol. The molecule has 2 aromatic carbocycles. The van der Waals surface area contributed by atoms with E-state index < -0.39 is 5.82 Å². The Bertz CT molecular complexity index is 852. The van der Waals surface area contributed by atoms with E-state index in [-0.39, 0.29) is 17.8 Å². The second kappa shape index (κ2) is 9.80. The SMILES string of the molecule is O=C(Nc1ccccc1F)N[C@@H]1CCC[C@H]1N1CCC(Cc2ccc(Cl)cc2)CC1. The first kappa shape index (κ1) is 21.1. The molecule has 2 fully saturated rings. The van der Waals surface area contributed by atoms with Crippen molar-refractivity contribution in [3.8, 4) is 0 Å². The number of benzene rings is 2. The van der Waals surface area contributed by atoms with Crippen LogP contribution in [-0.2, 0) is 6.42 Å². The van der Waals surface area contributed by atoms with Gasteiger partial charge in [-0.05, 0) is 87.4 Å². The van der Waals surface area contributed by atoms with E-state index in [9.17, 15) is 9.18 Å². The average molecular weight is 430 g/mol. The molecule has 1 aliphatic heterocycles. The van der Waals surface area contributed by atoms with Gasteiger partial charge in [-0.2, -0.15) is 0 Å². The molecule has 1 saturated heterocycles. The van der Waals surface area contributed by atoms with Crippen molar-refractivity contribution in [3.05, 3.63) is 64.9 Å². The summed E-state index contributed by atoms with van der Waals surface area (Å²) in [5, 5.41) is 6.52. The van der Waals surface area contributed by atoms with Crippen molar-refractivity contribution < 1.29 is 9.18 Å². The fourth-order valence-corrected chi connectivity index (χ4v) is 5.00. The number of hydrogen-bond acceptors (Lipinski definition) is 2. The minimum absolute atomic E-state index is 0.115. The molecule has 2 atom stereocenters. The molecule has 4 rings (SSSR count). The van der Waals surface area contributed by atoms with Gasteiger partial charge in [0, 0.05) is 17.1 Å². The molecule has 6 heteroatoms. The summed E-state index contributed by atoms with van der Waals surface area (Å²) >= 11 is 5.99. The van der Waals surface area contributed by atoms with Crippen molar-refractivity contribution in [2.75, 3.05) is 18.4 Å². The highest BCUT2D eigenvalue weighted by Gasteiger charge is 2.35. The molecule has 0 unspecified atom stereocenters. The number of carbonyl (C=O) groups is 1. The van der Waals surface area contributed by atoms with E-state index in [0.29, 0.717) is 12.0 Å². The first-order valence-electron chi connectivity index (χ1n) is 10.9. The highest BCUT2D eigenvalue weighted by Crippen LogP contribution is 2.30. The Labute approximate surface area is 182 Å². The number of anilines is 1. The van der Waals surface area contributed by atoms with E-state index in [1.165, 1.54) is 24.5 Å². The minimum atomic E-state index is -0.418. The maximum atomic E-state index is 13.8. The van der Waals surface area contributed by atoms with Gasteiger partial charge in [-0.3, -0.25) is 4.90 Å². The van der Waals surface area contributed by atoms with Gasteiger partial charge in [0.25, 0.3) is 0 Å². The zero-order chi connectivity index (χ0) is 20.9. The lowest BCUT2D eigenvalue weighted by Gasteiger charge is -2.38. The summed E-state index contributed by atoms with van der Waals surface area (Å²) in [6.07, 6.45) is 6.63. The number of rotatable bonds is 5. The number of nitrogens with one attached hydrogen (secondary N) is 2. The van der Waals surface area contributed by atoms with Crippen molar-refractivity contribution in [1.29, 1.82) is 0 Å². The van der Waals surface area contributed by atoms with E-state index in [1.54, 1.807) is 18.2 Å². The molecule has 2 aliphatic rings. The van der Waals surface area contributed by atoms with Gasteiger partial charge in [0.2, 0.25) is 0 Å². The third kappa shape index (κ3) is 5.32. The normalized spacial score (nSPS) is 22.7. The topological polar surface area (TPSA) is 44.4 Å². The Hall–Kier alpha value is -2.11. The standard InChI is InChI=1S/C24H29ClFN3O/c25-19-10-8-17(9-11-19)16-18-12-14-29(15-13-18)23-7-3-6-22(23)28-24(30)27-21-5-2-1-4-20(21)26/h1-2,4-5,8-11,18,22-23H,3,6-7,12-16H2,(H2,27,28,30)/t22-,23-/m1/s1. The maximum Gasteiger partial charge on any atom is 0.319 e. The number of carbonyl (C=O) groups excluding carboxylic acids is 1. The zero-order valence-electron chi connectivity index (χ0n) is 17.1. The fraction of sp³-hybridized carbons (Fsp3) is 0.458. The summed E-state index contributed by atoms with van der Waals surface area (Å²) in [5.41, 5.74) is 1.57. The summed E-state index contributed by atoms with van der Waals surface area (Å²) < 4.78 is 13.8. The van der Waals surface area contributed by atoms with Gasteiger partial charge in [0.05, 0.1) is 5.69 Å². The quantitative estimate of drug-likeness (QED) is 0.661. The third-order valence-corrected chi connectivity index (χ3v) is 6.73. The molecule has 30 heavy (non-hydrogen) atoms. The largest absolute Gasteiger partial charge is 0.334 e. The molecular formula is C24H29ClFN3O. The second-order valence-electron chi connectivity index (χ2n) is 8.49. The maximum absolute atomic E-state index is 13.8. The van der Waals surface area contributed by atoms with Crippen molar-refractivity contribution in [2.45, 2.75) is 50.6 Å². The minimum Gasteiger partial charge on any atom is -0.334 e. The summed E-state index contributed by atoms with van der Waals surface area (Å²) in [6, 6.07) is 14.6. The molecule has 0 radical (unpaired) electrons. The highest BCUT2D eigenvalue weighted by molar-refractivity contribution is 6.30. The van der Waals surface area contributed by atoms with Crippen LogP contribution < -0.4 is 10.6 Å². The molecule has 2 N–H and O–H groups in total. The first-order valence-corrected chi connectivity index (χ1v) is 11.3. The van der Waals surface area contributed by atoms with Crippen LogP contribution in [0.2, 0.25) is 5.02 Å². The summed E-state index contributed by atoms with van der Waals surface area (Å²) in [4.78, 5) is 15.0. The van der Waals surface area contributed by atoms with Crippen molar-refractivity contribution in [2.24, 2.45) is 5.92 Å². The van der Waals surface area contributed by atoms with Crippen LogP contribution in [0.15, 0.2) is 48.5 Å². The van der Waals surface area contributed by atoms with Gasteiger partial charge in [-0.1, -0.05) is 35.9 Å². The summed E-state index contributed by atoms with van der Waals surface area (Å²) in [7, 11) is 0. The molecule has 1 aliphatic carbocycles. The van der Waals surface area contributed by atoms with E-state index >= 15 is 0 Å². The number of amides is 2. The Kier molecular flexibility index (Phi) is 6.90. The van der Waals surface area contributed by atoms with Crippen LogP contribution in [0.5, 0.6) is 0 Å². The molecule has 4 nitrogen and oxygen atoms in total. The van der Waals surface area contributed by atoms with Crippen LogP contribution in [0.25, 0.3) is 0 Å². The van der Waals surface area contributed by atoms with Gasteiger partial charge in [0.1, 0.15) is 5.82 Å². The smallest absolute Gasteiger partial charge is 0.319 e. The van der Waals surface area contributed by atoms with Crippen LogP contribution in [0, 0.1) is 11.7 Å². The van der Waals surface area contributed by atoms with E-state index in [4.69, 9.17) is 11.6 Å². The number of likely N-dealkylation sites (tertiary alicyclic amines) is 1.